The quantitative estimate of drug-likeness (QED) is 0.712. The number of sulfonamides is 1. The molecule has 0 aliphatic heterocycles. The fraction of sp³-hybridized carbons (Fsp3) is 0.533. The van der Waals surface area contributed by atoms with Crippen molar-refractivity contribution in [3.05, 3.63) is 29.0 Å². The first-order chi connectivity index (χ1) is 11.1. The molecule has 1 aromatic carbocycles. The smallest absolute Gasteiger partial charge is 0.225 e. The lowest BCUT2D eigenvalue weighted by Crippen LogP contribution is -2.35. The molecule has 0 fully saturated rings. The van der Waals surface area contributed by atoms with Gasteiger partial charge >= 0.3 is 0 Å². The summed E-state index contributed by atoms with van der Waals surface area (Å²) in [5.74, 6) is -0.933. The Bertz CT molecular complexity index is 668. The van der Waals surface area contributed by atoms with Gasteiger partial charge in [0.15, 0.2) is 0 Å². The van der Waals surface area contributed by atoms with Crippen molar-refractivity contribution < 1.29 is 17.6 Å². The second-order valence-corrected chi connectivity index (χ2v) is 8.14. The third-order valence-corrected chi connectivity index (χ3v) is 4.87. The first-order valence-corrected chi connectivity index (χ1v) is 9.67. The minimum atomic E-state index is -3.38. The molecule has 136 valence electrons. The third kappa shape index (κ3) is 7.57. The van der Waals surface area contributed by atoms with E-state index in [4.69, 9.17) is 11.6 Å². The molecule has 1 N–H and O–H groups in total. The van der Waals surface area contributed by atoms with Crippen molar-refractivity contribution in [2.24, 2.45) is 0 Å². The van der Waals surface area contributed by atoms with Gasteiger partial charge in [-0.2, -0.15) is 0 Å². The molecule has 0 saturated carbocycles. The molecule has 0 aliphatic carbocycles. The summed E-state index contributed by atoms with van der Waals surface area (Å²) >= 11 is 5.65. The van der Waals surface area contributed by atoms with E-state index in [1.807, 2.05) is 19.0 Å². The second kappa shape index (κ2) is 9.31. The Morgan fingerprint density at radius 2 is 1.92 bits per heavy atom. The summed E-state index contributed by atoms with van der Waals surface area (Å²) in [5, 5.41) is 2.48. The van der Waals surface area contributed by atoms with Gasteiger partial charge in [0.05, 0.1) is 11.3 Å². The molecule has 0 atom stereocenters. The van der Waals surface area contributed by atoms with E-state index in [2.05, 4.69) is 5.32 Å². The monoisotopic (exact) mass is 379 g/mol. The summed E-state index contributed by atoms with van der Waals surface area (Å²) in [4.78, 5) is 13.9. The normalized spacial score (nSPS) is 12.0. The van der Waals surface area contributed by atoms with Crippen LogP contribution in [-0.2, 0) is 14.8 Å². The topological polar surface area (TPSA) is 69.7 Å². The average molecular weight is 380 g/mol. The maximum absolute atomic E-state index is 13.1. The zero-order valence-corrected chi connectivity index (χ0v) is 15.6. The predicted molar refractivity (Wildman–Crippen MR) is 94.2 cm³/mol. The van der Waals surface area contributed by atoms with Gasteiger partial charge in [-0.3, -0.25) is 4.79 Å². The molecule has 0 aromatic heterocycles. The molecular formula is C15H23ClFN3O3S. The SMILES string of the molecule is CN(C)CCCN(CCC(=O)Nc1ccc(F)c(Cl)c1)S(C)(=O)=O. The zero-order chi connectivity index (χ0) is 18.3. The van der Waals surface area contributed by atoms with E-state index in [0.717, 1.165) is 18.9 Å². The molecule has 9 heteroatoms. The zero-order valence-electron chi connectivity index (χ0n) is 14.1. The van der Waals surface area contributed by atoms with E-state index in [1.54, 1.807) is 0 Å². The molecular weight excluding hydrogens is 357 g/mol. The summed E-state index contributed by atoms with van der Waals surface area (Å²) in [6.45, 7) is 1.20. The van der Waals surface area contributed by atoms with Crippen LogP contribution in [0.5, 0.6) is 0 Å². The van der Waals surface area contributed by atoms with Gasteiger partial charge in [0.25, 0.3) is 0 Å². The van der Waals surface area contributed by atoms with Crippen molar-refractivity contribution in [2.75, 3.05) is 45.3 Å². The highest BCUT2D eigenvalue weighted by molar-refractivity contribution is 7.88. The van der Waals surface area contributed by atoms with Crippen LogP contribution >= 0.6 is 11.6 Å². The van der Waals surface area contributed by atoms with Gasteiger partial charge in [-0.15, -0.1) is 0 Å². The molecule has 6 nitrogen and oxygen atoms in total. The van der Waals surface area contributed by atoms with Gasteiger partial charge in [-0.05, 0) is 45.3 Å². The van der Waals surface area contributed by atoms with Crippen LogP contribution in [0.2, 0.25) is 5.02 Å². The number of nitrogens with one attached hydrogen (secondary N) is 1. The van der Waals surface area contributed by atoms with E-state index in [9.17, 15) is 17.6 Å². The Hall–Kier alpha value is -1.22. The number of rotatable bonds is 9. The molecule has 0 bridgehead atoms. The van der Waals surface area contributed by atoms with Crippen LogP contribution in [-0.4, -0.2) is 63.5 Å². The van der Waals surface area contributed by atoms with Crippen LogP contribution in [0.4, 0.5) is 10.1 Å². The number of benzene rings is 1. The number of carbonyl (C=O) groups is 1. The second-order valence-electron chi connectivity index (χ2n) is 5.75. The highest BCUT2D eigenvalue weighted by atomic mass is 35.5. The lowest BCUT2D eigenvalue weighted by molar-refractivity contribution is -0.116. The van der Waals surface area contributed by atoms with Gasteiger partial charge in [0.2, 0.25) is 15.9 Å². The van der Waals surface area contributed by atoms with E-state index in [1.165, 1.54) is 16.4 Å². The largest absolute Gasteiger partial charge is 0.326 e. The maximum Gasteiger partial charge on any atom is 0.225 e. The summed E-state index contributed by atoms with van der Waals surface area (Å²) in [6, 6.07) is 3.85. The minimum Gasteiger partial charge on any atom is -0.326 e. The van der Waals surface area contributed by atoms with Crippen molar-refractivity contribution in [3.63, 3.8) is 0 Å². The number of hydrogen-bond acceptors (Lipinski definition) is 4. The Morgan fingerprint density at radius 1 is 1.25 bits per heavy atom. The molecule has 0 radical (unpaired) electrons. The van der Waals surface area contributed by atoms with Crippen molar-refractivity contribution in [3.8, 4) is 0 Å². The van der Waals surface area contributed by atoms with E-state index < -0.39 is 15.8 Å². The molecule has 24 heavy (non-hydrogen) atoms. The van der Waals surface area contributed by atoms with Crippen LogP contribution in [0.15, 0.2) is 18.2 Å². The highest BCUT2D eigenvalue weighted by Gasteiger charge is 2.17. The Kier molecular flexibility index (Phi) is 8.08. The Morgan fingerprint density at radius 3 is 2.46 bits per heavy atom. The van der Waals surface area contributed by atoms with Crippen LogP contribution in [0.3, 0.4) is 0 Å². The highest BCUT2D eigenvalue weighted by Crippen LogP contribution is 2.19. The summed E-state index contributed by atoms with van der Waals surface area (Å²) < 4.78 is 37.9. The predicted octanol–water partition coefficient (Wildman–Crippen LogP) is 2.02. The summed E-state index contributed by atoms with van der Waals surface area (Å²) in [7, 11) is 0.438. The van der Waals surface area contributed by atoms with Crippen molar-refractivity contribution in [1.29, 1.82) is 0 Å². The van der Waals surface area contributed by atoms with Gasteiger partial charge in [-0.25, -0.2) is 17.1 Å². The molecule has 0 spiro atoms. The number of halogens is 2. The lowest BCUT2D eigenvalue weighted by atomic mass is 10.3. The van der Waals surface area contributed by atoms with Crippen molar-refractivity contribution >= 4 is 33.2 Å². The first-order valence-electron chi connectivity index (χ1n) is 7.44. The van der Waals surface area contributed by atoms with Gasteiger partial charge in [0, 0.05) is 25.2 Å². The number of carbonyl (C=O) groups excluding carboxylic acids is 1. The Balaban J connectivity index is 2.55. The Labute approximate surface area is 147 Å². The molecule has 1 amide bonds. The number of hydrogen-bond donors (Lipinski definition) is 1. The summed E-state index contributed by atoms with van der Waals surface area (Å²) in [5.41, 5.74) is 0.366. The van der Waals surface area contributed by atoms with Crippen LogP contribution in [0.25, 0.3) is 0 Å². The lowest BCUT2D eigenvalue weighted by Gasteiger charge is -2.20. The molecule has 0 heterocycles. The number of nitrogens with zero attached hydrogens (tertiary/aromatic N) is 2. The standard InChI is InChI=1S/C15H23ClFN3O3S/c1-19(2)8-4-9-20(24(3,22)23)10-7-15(21)18-12-5-6-14(17)13(16)11-12/h5-6,11H,4,7-10H2,1-3H3,(H,18,21). The summed E-state index contributed by atoms with van der Waals surface area (Å²) in [6.07, 6.45) is 1.81. The fourth-order valence-electron chi connectivity index (χ4n) is 2.03. The molecule has 0 unspecified atom stereocenters. The van der Waals surface area contributed by atoms with E-state index in [-0.39, 0.29) is 23.9 Å². The van der Waals surface area contributed by atoms with Crippen molar-refractivity contribution in [1.82, 2.24) is 9.21 Å². The average Bonchev–Trinajstić information content (AvgIpc) is 2.45. The number of amides is 1. The van der Waals surface area contributed by atoms with Gasteiger partial charge in [-0.1, -0.05) is 11.6 Å². The number of anilines is 1. The van der Waals surface area contributed by atoms with Gasteiger partial charge in [0.1, 0.15) is 5.82 Å². The first kappa shape index (κ1) is 20.8. The fourth-order valence-corrected chi connectivity index (χ4v) is 3.09. The van der Waals surface area contributed by atoms with Crippen LogP contribution in [0, 0.1) is 5.82 Å². The van der Waals surface area contributed by atoms with Crippen LogP contribution < -0.4 is 5.32 Å². The third-order valence-electron chi connectivity index (χ3n) is 3.27. The molecule has 0 saturated heterocycles. The minimum absolute atomic E-state index is 0.00400. The molecule has 1 aromatic rings. The van der Waals surface area contributed by atoms with E-state index >= 15 is 0 Å². The van der Waals surface area contributed by atoms with Crippen LogP contribution in [0.1, 0.15) is 12.8 Å². The maximum atomic E-state index is 13.1. The molecule has 0 aliphatic rings. The molecule has 1 rings (SSSR count). The van der Waals surface area contributed by atoms with Crippen molar-refractivity contribution in [2.45, 2.75) is 12.8 Å². The van der Waals surface area contributed by atoms with Gasteiger partial charge < -0.3 is 10.2 Å². The van der Waals surface area contributed by atoms with E-state index in [0.29, 0.717) is 18.7 Å².